The zero-order valence-corrected chi connectivity index (χ0v) is 23.2. The predicted octanol–water partition coefficient (Wildman–Crippen LogP) is 7.32. The summed E-state index contributed by atoms with van der Waals surface area (Å²) >= 11 is 0. The molecule has 3 heteroatoms. The SMILES string of the molecule is COC(=O)C12CCC3(C)CCC(C)(C)CC3C1=CCC1C3(C)CCC(O)C(C)(C)C3CCC12C. The van der Waals surface area contributed by atoms with Crippen molar-refractivity contribution in [2.45, 2.75) is 119 Å². The van der Waals surface area contributed by atoms with Crippen LogP contribution in [0.3, 0.4) is 0 Å². The average molecular weight is 471 g/mol. The molecule has 0 aliphatic heterocycles. The van der Waals surface area contributed by atoms with Crippen molar-refractivity contribution in [2.24, 2.45) is 50.2 Å². The second-order valence-electron chi connectivity index (χ2n) is 15.3. The number of hydrogen-bond acceptors (Lipinski definition) is 3. The van der Waals surface area contributed by atoms with E-state index in [9.17, 15) is 9.90 Å². The van der Waals surface area contributed by atoms with Crippen LogP contribution in [0.1, 0.15) is 113 Å². The molecule has 5 aliphatic rings. The third-order valence-electron chi connectivity index (χ3n) is 13.0. The van der Waals surface area contributed by atoms with Crippen LogP contribution in [0.2, 0.25) is 0 Å². The first kappa shape index (κ1) is 24.8. The Kier molecular flexibility index (Phi) is 5.38. The maximum atomic E-state index is 14.1. The Morgan fingerprint density at radius 2 is 1.59 bits per heavy atom. The van der Waals surface area contributed by atoms with E-state index in [2.05, 4.69) is 54.5 Å². The van der Waals surface area contributed by atoms with E-state index < -0.39 is 5.41 Å². The van der Waals surface area contributed by atoms with Crippen LogP contribution in [0.25, 0.3) is 0 Å². The van der Waals surface area contributed by atoms with Crippen LogP contribution in [-0.2, 0) is 9.53 Å². The van der Waals surface area contributed by atoms with Gasteiger partial charge in [-0.3, -0.25) is 4.79 Å². The van der Waals surface area contributed by atoms with Crippen molar-refractivity contribution in [2.75, 3.05) is 7.11 Å². The maximum Gasteiger partial charge on any atom is 0.316 e. The van der Waals surface area contributed by atoms with E-state index in [0.717, 1.165) is 44.9 Å². The number of fused-ring (bicyclic) bond motifs is 7. The van der Waals surface area contributed by atoms with E-state index in [1.54, 1.807) is 7.11 Å². The van der Waals surface area contributed by atoms with Crippen LogP contribution in [0.5, 0.6) is 0 Å². The highest BCUT2D eigenvalue weighted by Crippen LogP contribution is 2.76. The lowest BCUT2D eigenvalue weighted by Crippen LogP contribution is -2.67. The molecule has 0 aromatic rings. The molecule has 192 valence electrons. The molecule has 5 rings (SSSR count). The zero-order valence-electron chi connectivity index (χ0n) is 23.2. The predicted molar refractivity (Wildman–Crippen MR) is 137 cm³/mol. The molecule has 1 N–H and O–H groups in total. The van der Waals surface area contributed by atoms with E-state index in [1.807, 2.05) is 0 Å². The van der Waals surface area contributed by atoms with Gasteiger partial charge in [0.15, 0.2) is 0 Å². The molecule has 4 saturated carbocycles. The van der Waals surface area contributed by atoms with Crippen molar-refractivity contribution >= 4 is 5.97 Å². The number of hydrogen-bond donors (Lipinski definition) is 1. The van der Waals surface area contributed by atoms with E-state index in [4.69, 9.17) is 4.74 Å². The van der Waals surface area contributed by atoms with Gasteiger partial charge < -0.3 is 9.84 Å². The lowest BCUT2D eigenvalue weighted by molar-refractivity contribution is -0.215. The zero-order chi connectivity index (χ0) is 24.9. The Morgan fingerprint density at radius 3 is 2.26 bits per heavy atom. The summed E-state index contributed by atoms with van der Waals surface area (Å²) in [6.45, 7) is 16.9. The standard InChI is InChI=1S/C31H50O3/c1-26(2)15-16-28(5)17-18-31(25(33)34-8)20(21(28)19-26)9-10-23-29(6)13-12-24(32)27(3,4)22(29)11-14-30(23,31)7/h9,21-24,32H,10-19H2,1-8H3. The summed E-state index contributed by atoms with van der Waals surface area (Å²) in [5, 5.41) is 10.9. The lowest BCUT2D eigenvalue weighted by Gasteiger charge is -2.70. The fourth-order valence-corrected chi connectivity index (χ4v) is 10.8. The van der Waals surface area contributed by atoms with Crippen LogP contribution >= 0.6 is 0 Å². The molecule has 34 heavy (non-hydrogen) atoms. The molecule has 0 saturated heterocycles. The number of carbonyl (C=O) groups excluding carboxylic acids is 1. The molecule has 0 heterocycles. The van der Waals surface area contributed by atoms with E-state index in [1.165, 1.54) is 24.8 Å². The molecule has 0 aromatic heterocycles. The summed E-state index contributed by atoms with van der Waals surface area (Å²) in [4.78, 5) is 14.1. The third kappa shape index (κ3) is 2.94. The fraction of sp³-hybridized carbons (Fsp3) is 0.903. The molecule has 0 bridgehead atoms. The van der Waals surface area contributed by atoms with Crippen molar-refractivity contribution in [3.05, 3.63) is 11.6 Å². The van der Waals surface area contributed by atoms with Gasteiger partial charge >= 0.3 is 5.97 Å². The van der Waals surface area contributed by atoms with Crippen molar-refractivity contribution < 1.29 is 14.6 Å². The summed E-state index contributed by atoms with van der Waals surface area (Å²) in [7, 11) is 1.62. The molecule has 8 unspecified atom stereocenters. The normalized spacial score (nSPS) is 51.1. The van der Waals surface area contributed by atoms with Crippen LogP contribution in [0, 0.1) is 50.2 Å². The largest absolute Gasteiger partial charge is 0.468 e. The first-order valence-corrected chi connectivity index (χ1v) is 14.2. The molecule has 8 atom stereocenters. The summed E-state index contributed by atoms with van der Waals surface area (Å²) in [5.74, 6) is 1.47. The average Bonchev–Trinajstić information content (AvgIpc) is 2.76. The van der Waals surface area contributed by atoms with Crippen LogP contribution in [0.4, 0.5) is 0 Å². The van der Waals surface area contributed by atoms with Crippen LogP contribution in [-0.4, -0.2) is 24.3 Å². The quantitative estimate of drug-likeness (QED) is 0.322. The van der Waals surface area contributed by atoms with Crippen molar-refractivity contribution in [1.82, 2.24) is 0 Å². The first-order valence-electron chi connectivity index (χ1n) is 14.2. The smallest absolute Gasteiger partial charge is 0.316 e. The van der Waals surface area contributed by atoms with Gasteiger partial charge in [0.05, 0.1) is 18.6 Å². The Balaban J connectivity index is 1.66. The van der Waals surface area contributed by atoms with Gasteiger partial charge in [-0.2, -0.15) is 0 Å². The third-order valence-corrected chi connectivity index (χ3v) is 13.0. The second-order valence-corrected chi connectivity index (χ2v) is 15.3. The Morgan fingerprint density at radius 1 is 0.912 bits per heavy atom. The molecule has 0 amide bonds. The van der Waals surface area contributed by atoms with Gasteiger partial charge in [0.25, 0.3) is 0 Å². The van der Waals surface area contributed by atoms with Crippen molar-refractivity contribution in [3.63, 3.8) is 0 Å². The first-order chi connectivity index (χ1) is 15.7. The molecule has 0 spiro atoms. The van der Waals surface area contributed by atoms with Crippen molar-refractivity contribution in [1.29, 1.82) is 0 Å². The maximum absolute atomic E-state index is 14.1. The highest BCUT2D eigenvalue weighted by Gasteiger charge is 2.71. The minimum Gasteiger partial charge on any atom is -0.468 e. The van der Waals surface area contributed by atoms with Gasteiger partial charge in [-0.1, -0.05) is 60.1 Å². The van der Waals surface area contributed by atoms with Gasteiger partial charge in [0.2, 0.25) is 0 Å². The van der Waals surface area contributed by atoms with Gasteiger partial charge in [-0.05, 0) is 109 Å². The number of carbonyl (C=O) groups is 1. The van der Waals surface area contributed by atoms with Crippen LogP contribution in [0.15, 0.2) is 11.6 Å². The van der Waals surface area contributed by atoms with Gasteiger partial charge in [0.1, 0.15) is 0 Å². The fourth-order valence-electron chi connectivity index (χ4n) is 10.8. The summed E-state index contributed by atoms with van der Waals surface area (Å²) < 4.78 is 5.74. The topological polar surface area (TPSA) is 46.5 Å². The Hall–Kier alpha value is -0.830. The number of ether oxygens (including phenoxy) is 1. The number of aliphatic hydroxyl groups is 1. The van der Waals surface area contributed by atoms with Crippen LogP contribution < -0.4 is 0 Å². The molecule has 0 aromatic carbocycles. The van der Waals surface area contributed by atoms with Crippen molar-refractivity contribution in [3.8, 4) is 0 Å². The van der Waals surface area contributed by atoms with E-state index in [0.29, 0.717) is 28.6 Å². The molecular formula is C31H50O3. The highest BCUT2D eigenvalue weighted by atomic mass is 16.5. The molecular weight excluding hydrogens is 420 g/mol. The number of rotatable bonds is 1. The minimum atomic E-state index is -0.490. The van der Waals surface area contributed by atoms with E-state index in [-0.39, 0.29) is 28.3 Å². The Labute approximate surface area is 208 Å². The second kappa shape index (κ2) is 7.36. The summed E-state index contributed by atoms with van der Waals surface area (Å²) in [6, 6.07) is 0. The van der Waals surface area contributed by atoms with E-state index >= 15 is 0 Å². The highest BCUT2D eigenvalue weighted by molar-refractivity contribution is 5.83. The van der Waals surface area contributed by atoms with Gasteiger partial charge in [-0.25, -0.2) is 0 Å². The monoisotopic (exact) mass is 470 g/mol. The number of methoxy groups -OCH3 is 1. The minimum absolute atomic E-state index is 0.0357. The summed E-state index contributed by atoms with van der Waals surface area (Å²) in [5.41, 5.74) is 1.58. The molecule has 5 aliphatic carbocycles. The summed E-state index contributed by atoms with van der Waals surface area (Å²) in [6.07, 6.45) is 13.3. The molecule has 0 radical (unpaired) electrons. The molecule has 4 fully saturated rings. The lowest BCUT2D eigenvalue weighted by atomic mass is 9.33. The number of esters is 1. The number of allylic oxidation sites excluding steroid dienone is 1. The van der Waals surface area contributed by atoms with Gasteiger partial charge in [-0.15, -0.1) is 0 Å². The Bertz CT molecular complexity index is 900. The number of aliphatic hydroxyl groups excluding tert-OH is 1. The van der Waals surface area contributed by atoms with Gasteiger partial charge in [0, 0.05) is 0 Å². The molecule has 3 nitrogen and oxygen atoms in total.